The number of likely N-dealkylation sites (tertiary alicyclic amines) is 1. The number of sulfonamides is 1. The van der Waals surface area contributed by atoms with Gasteiger partial charge in [-0.2, -0.15) is 0 Å². The molecule has 1 unspecified atom stereocenters. The Kier molecular flexibility index (Phi) is 5.44. The van der Waals surface area contributed by atoms with Crippen LogP contribution in [0.4, 0.5) is 0 Å². The first-order valence-corrected chi connectivity index (χ1v) is 8.99. The summed E-state index contributed by atoms with van der Waals surface area (Å²) in [4.78, 5) is 13.1. The smallest absolute Gasteiger partial charge is 0.337 e. The molecule has 0 bridgehead atoms. The van der Waals surface area contributed by atoms with Gasteiger partial charge in [-0.3, -0.25) is 4.90 Å². The van der Waals surface area contributed by atoms with E-state index < -0.39 is 21.2 Å². The Morgan fingerprint density at radius 3 is 2.86 bits per heavy atom. The highest BCUT2D eigenvalue weighted by Gasteiger charge is 2.32. The molecule has 0 saturated carbocycles. The fourth-order valence-electron chi connectivity index (χ4n) is 2.62. The molecule has 0 radical (unpaired) electrons. The number of hydrogen-bond acceptors (Lipinski definition) is 4. The number of carboxylic acid groups (broad SMARTS) is 1. The van der Waals surface area contributed by atoms with Gasteiger partial charge in [0.25, 0.3) is 0 Å². The standard InChI is InChI=1S/C14H19ClN2O4S/c1-2-16-22(20,21)11-6-7-17(9-11)8-10-4-3-5-12(13(10)15)14(18)19/h3-5,11,16H,2,6-9H2,1H3,(H,18,19). The van der Waals surface area contributed by atoms with Gasteiger partial charge in [-0.25, -0.2) is 17.9 Å². The van der Waals surface area contributed by atoms with E-state index in [1.807, 2.05) is 4.90 Å². The van der Waals surface area contributed by atoms with Crippen LogP contribution in [0, 0.1) is 0 Å². The van der Waals surface area contributed by atoms with E-state index in [2.05, 4.69) is 4.72 Å². The Hall–Kier alpha value is -1.15. The van der Waals surface area contributed by atoms with E-state index in [9.17, 15) is 13.2 Å². The molecular formula is C14H19ClN2O4S. The van der Waals surface area contributed by atoms with Crippen LogP contribution in [0.3, 0.4) is 0 Å². The minimum absolute atomic E-state index is 0.0650. The van der Waals surface area contributed by atoms with E-state index >= 15 is 0 Å². The van der Waals surface area contributed by atoms with Gasteiger partial charge in [-0.05, 0) is 24.6 Å². The van der Waals surface area contributed by atoms with Crippen molar-refractivity contribution in [1.82, 2.24) is 9.62 Å². The van der Waals surface area contributed by atoms with Gasteiger partial charge in [-0.15, -0.1) is 0 Å². The highest BCUT2D eigenvalue weighted by molar-refractivity contribution is 7.90. The van der Waals surface area contributed by atoms with E-state index in [4.69, 9.17) is 16.7 Å². The monoisotopic (exact) mass is 346 g/mol. The molecule has 0 amide bonds. The topological polar surface area (TPSA) is 86.7 Å². The molecule has 1 aromatic carbocycles. The molecule has 1 aliphatic rings. The Labute approximate surface area is 135 Å². The molecule has 2 rings (SSSR count). The molecule has 2 N–H and O–H groups in total. The van der Waals surface area contributed by atoms with Crippen molar-refractivity contribution in [2.45, 2.75) is 25.1 Å². The fraction of sp³-hybridized carbons (Fsp3) is 0.500. The van der Waals surface area contributed by atoms with Crippen LogP contribution in [0.25, 0.3) is 0 Å². The molecule has 0 aliphatic carbocycles. The maximum absolute atomic E-state index is 12.0. The van der Waals surface area contributed by atoms with E-state index in [0.29, 0.717) is 38.2 Å². The van der Waals surface area contributed by atoms with E-state index in [-0.39, 0.29) is 10.6 Å². The van der Waals surface area contributed by atoms with Gasteiger partial charge in [0.1, 0.15) is 0 Å². The SMILES string of the molecule is CCNS(=O)(=O)C1CCN(Cc2cccc(C(=O)O)c2Cl)C1. The second-order valence-electron chi connectivity index (χ2n) is 5.27. The lowest BCUT2D eigenvalue weighted by Crippen LogP contribution is -2.36. The van der Waals surface area contributed by atoms with Crippen LogP contribution in [-0.2, 0) is 16.6 Å². The van der Waals surface area contributed by atoms with Crippen LogP contribution < -0.4 is 4.72 Å². The molecule has 1 aliphatic heterocycles. The molecule has 0 spiro atoms. The van der Waals surface area contributed by atoms with E-state index in [0.717, 1.165) is 0 Å². The molecule has 8 heteroatoms. The van der Waals surface area contributed by atoms with Crippen molar-refractivity contribution in [3.63, 3.8) is 0 Å². The molecule has 122 valence electrons. The summed E-state index contributed by atoms with van der Waals surface area (Å²) in [6, 6.07) is 4.87. The Bertz CT molecular complexity index is 663. The van der Waals surface area contributed by atoms with Crippen LogP contribution >= 0.6 is 11.6 Å². The van der Waals surface area contributed by atoms with Crippen molar-refractivity contribution in [3.05, 3.63) is 34.3 Å². The third-order valence-corrected chi connectivity index (χ3v) is 6.12. The molecule has 1 heterocycles. The fourth-order valence-corrected chi connectivity index (χ4v) is 4.35. The summed E-state index contributed by atoms with van der Waals surface area (Å²) in [5.41, 5.74) is 0.762. The number of nitrogens with zero attached hydrogens (tertiary/aromatic N) is 1. The first kappa shape index (κ1) is 17.2. The van der Waals surface area contributed by atoms with Gasteiger partial charge in [0, 0.05) is 19.6 Å². The van der Waals surface area contributed by atoms with Gasteiger partial charge in [0.2, 0.25) is 10.0 Å². The average molecular weight is 347 g/mol. The Morgan fingerprint density at radius 1 is 1.50 bits per heavy atom. The summed E-state index contributed by atoms with van der Waals surface area (Å²) in [7, 11) is -3.29. The van der Waals surface area contributed by atoms with E-state index in [1.165, 1.54) is 6.07 Å². The molecule has 0 aromatic heterocycles. The first-order chi connectivity index (χ1) is 10.3. The molecule has 6 nitrogen and oxygen atoms in total. The molecule has 1 saturated heterocycles. The minimum atomic E-state index is -3.29. The summed E-state index contributed by atoms with van der Waals surface area (Å²) < 4.78 is 26.5. The first-order valence-electron chi connectivity index (χ1n) is 7.06. The highest BCUT2D eigenvalue weighted by Crippen LogP contribution is 2.25. The van der Waals surface area contributed by atoms with Gasteiger partial charge < -0.3 is 5.11 Å². The second kappa shape index (κ2) is 6.95. The van der Waals surface area contributed by atoms with Crippen LogP contribution in [0.15, 0.2) is 18.2 Å². The zero-order chi connectivity index (χ0) is 16.3. The number of halogens is 1. The lowest BCUT2D eigenvalue weighted by atomic mass is 10.1. The third kappa shape index (κ3) is 3.78. The largest absolute Gasteiger partial charge is 0.478 e. The van der Waals surface area contributed by atoms with Crippen LogP contribution in [0.5, 0.6) is 0 Å². The van der Waals surface area contributed by atoms with Crippen LogP contribution in [0.1, 0.15) is 29.3 Å². The molecular weight excluding hydrogens is 328 g/mol. The lowest BCUT2D eigenvalue weighted by molar-refractivity contribution is 0.0697. The van der Waals surface area contributed by atoms with Gasteiger partial charge in [-0.1, -0.05) is 30.7 Å². The summed E-state index contributed by atoms with van der Waals surface area (Å²) in [5, 5.41) is 8.85. The minimum Gasteiger partial charge on any atom is -0.478 e. The predicted octanol–water partition coefficient (Wildman–Crippen LogP) is 1.55. The number of aromatic carboxylic acids is 1. The molecule has 1 aromatic rings. The second-order valence-corrected chi connectivity index (χ2v) is 7.70. The highest BCUT2D eigenvalue weighted by atomic mass is 35.5. The zero-order valence-corrected chi connectivity index (χ0v) is 13.8. The molecule has 1 atom stereocenters. The van der Waals surface area contributed by atoms with Gasteiger partial charge in [0.15, 0.2) is 0 Å². The normalized spacial score (nSPS) is 19.5. The lowest BCUT2D eigenvalue weighted by Gasteiger charge is -2.17. The number of rotatable bonds is 6. The van der Waals surface area contributed by atoms with Crippen LogP contribution in [-0.4, -0.2) is 49.3 Å². The summed E-state index contributed by atoms with van der Waals surface area (Å²) in [6.07, 6.45) is 0.561. The maximum Gasteiger partial charge on any atom is 0.337 e. The molecule has 1 fully saturated rings. The Balaban J connectivity index is 2.08. The predicted molar refractivity (Wildman–Crippen MR) is 84.7 cm³/mol. The van der Waals surface area contributed by atoms with Crippen molar-refractivity contribution in [3.8, 4) is 0 Å². The van der Waals surface area contributed by atoms with E-state index in [1.54, 1.807) is 19.1 Å². The van der Waals surface area contributed by atoms with Gasteiger partial charge in [0.05, 0.1) is 15.8 Å². The number of benzene rings is 1. The Morgan fingerprint density at radius 2 is 2.23 bits per heavy atom. The van der Waals surface area contributed by atoms with Crippen molar-refractivity contribution in [2.24, 2.45) is 0 Å². The summed E-state index contributed by atoms with van der Waals surface area (Å²) in [6.45, 7) is 3.64. The number of carboxylic acids is 1. The molecule has 22 heavy (non-hydrogen) atoms. The number of nitrogens with one attached hydrogen (secondary N) is 1. The van der Waals surface area contributed by atoms with Crippen molar-refractivity contribution in [2.75, 3.05) is 19.6 Å². The van der Waals surface area contributed by atoms with Gasteiger partial charge >= 0.3 is 5.97 Å². The van der Waals surface area contributed by atoms with Crippen molar-refractivity contribution >= 4 is 27.6 Å². The summed E-state index contributed by atoms with van der Waals surface area (Å²) >= 11 is 6.12. The van der Waals surface area contributed by atoms with Crippen molar-refractivity contribution < 1.29 is 18.3 Å². The third-order valence-electron chi connectivity index (χ3n) is 3.72. The summed E-state index contributed by atoms with van der Waals surface area (Å²) in [5.74, 6) is -1.07. The quantitative estimate of drug-likeness (QED) is 0.816. The number of carbonyl (C=O) groups is 1. The average Bonchev–Trinajstić information content (AvgIpc) is 2.90. The number of hydrogen-bond donors (Lipinski definition) is 2. The van der Waals surface area contributed by atoms with Crippen LogP contribution in [0.2, 0.25) is 5.02 Å². The maximum atomic E-state index is 12.0. The zero-order valence-electron chi connectivity index (χ0n) is 12.3. The van der Waals surface area contributed by atoms with Crippen molar-refractivity contribution in [1.29, 1.82) is 0 Å².